The Morgan fingerprint density at radius 1 is 1.35 bits per heavy atom. The fourth-order valence-electron chi connectivity index (χ4n) is 2.58. The molecule has 1 aromatic rings. The van der Waals surface area contributed by atoms with Gasteiger partial charge in [-0.05, 0) is 50.5 Å². The third-order valence-electron chi connectivity index (χ3n) is 3.86. The summed E-state index contributed by atoms with van der Waals surface area (Å²) in [5.41, 5.74) is 0.831. The first-order valence-electron chi connectivity index (χ1n) is 7.84. The molecule has 0 heterocycles. The Hall–Kier alpha value is -1.75. The van der Waals surface area contributed by atoms with Crippen LogP contribution in [0.1, 0.15) is 38.2 Å². The molecule has 0 saturated heterocycles. The van der Waals surface area contributed by atoms with E-state index >= 15 is 0 Å². The second-order valence-electron chi connectivity index (χ2n) is 5.82. The number of aryl methyl sites for hydroxylation is 1. The number of benzene rings is 1. The van der Waals surface area contributed by atoms with Crippen molar-refractivity contribution in [1.82, 2.24) is 5.32 Å². The van der Waals surface area contributed by atoms with E-state index < -0.39 is 12.1 Å². The minimum Gasteiger partial charge on any atom is -0.482 e. The number of amides is 1. The Balaban J connectivity index is 1.75. The highest BCUT2D eigenvalue weighted by atomic mass is 35.5. The smallest absolute Gasteiger partial charge is 0.344 e. The summed E-state index contributed by atoms with van der Waals surface area (Å²) in [4.78, 5) is 23.7. The molecule has 1 N–H and O–H groups in total. The summed E-state index contributed by atoms with van der Waals surface area (Å²) in [6, 6.07) is 5.34. The van der Waals surface area contributed by atoms with Gasteiger partial charge in [0, 0.05) is 11.1 Å². The number of rotatable bonds is 6. The molecule has 1 atom stereocenters. The minimum absolute atomic E-state index is 0.205. The normalized spacial score (nSPS) is 16.0. The van der Waals surface area contributed by atoms with Crippen molar-refractivity contribution in [3.8, 4) is 5.75 Å². The number of carbonyl (C=O) groups excluding carboxylic acids is 2. The van der Waals surface area contributed by atoms with Crippen LogP contribution in [0.5, 0.6) is 5.75 Å². The zero-order valence-corrected chi connectivity index (χ0v) is 14.2. The first kappa shape index (κ1) is 17.6. The fourth-order valence-corrected chi connectivity index (χ4v) is 2.81. The van der Waals surface area contributed by atoms with Gasteiger partial charge in [-0.1, -0.05) is 24.4 Å². The lowest BCUT2D eigenvalue weighted by Crippen LogP contribution is -2.41. The molecule has 0 bridgehead atoms. The molecule has 1 saturated carbocycles. The summed E-state index contributed by atoms with van der Waals surface area (Å²) < 4.78 is 10.5. The van der Waals surface area contributed by atoms with Crippen LogP contribution < -0.4 is 10.1 Å². The predicted molar refractivity (Wildman–Crippen MR) is 87.6 cm³/mol. The first-order chi connectivity index (χ1) is 11.0. The molecule has 6 heteroatoms. The van der Waals surface area contributed by atoms with E-state index in [-0.39, 0.29) is 18.6 Å². The maximum absolute atomic E-state index is 12.0. The number of nitrogens with one attached hydrogen (secondary N) is 1. The van der Waals surface area contributed by atoms with Crippen molar-refractivity contribution in [2.24, 2.45) is 0 Å². The highest BCUT2D eigenvalue weighted by molar-refractivity contribution is 6.30. The van der Waals surface area contributed by atoms with Crippen molar-refractivity contribution in [2.45, 2.75) is 51.7 Å². The second kappa shape index (κ2) is 8.20. The average molecular weight is 340 g/mol. The van der Waals surface area contributed by atoms with Crippen molar-refractivity contribution in [1.29, 1.82) is 0 Å². The van der Waals surface area contributed by atoms with Crippen LogP contribution in [-0.4, -0.2) is 30.6 Å². The lowest BCUT2D eigenvalue weighted by molar-refractivity contribution is -0.156. The number of hydrogen-bond donors (Lipinski definition) is 1. The molecule has 2 rings (SSSR count). The fraction of sp³-hybridized carbons (Fsp3) is 0.529. The third-order valence-corrected chi connectivity index (χ3v) is 4.10. The Morgan fingerprint density at radius 2 is 2.04 bits per heavy atom. The molecule has 0 aromatic heterocycles. The van der Waals surface area contributed by atoms with E-state index in [1.807, 2.05) is 6.92 Å². The van der Waals surface area contributed by atoms with Crippen LogP contribution in [-0.2, 0) is 14.3 Å². The Bertz CT molecular complexity index is 570. The van der Waals surface area contributed by atoms with Crippen molar-refractivity contribution in [3.63, 3.8) is 0 Å². The topological polar surface area (TPSA) is 64.6 Å². The van der Waals surface area contributed by atoms with Crippen LogP contribution in [0.25, 0.3) is 0 Å². The maximum Gasteiger partial charge on any atom is 0.344 e. The number of carbonyl (C=O) groups is 2. The minimum atomic E-state index is -0.821. The van der Waals surface area contributed by atoms with Gasteiger partial charge in [-0.2, -0.15) is 0 Å². The van der Waals surface area contributed by atoms with Gasteiger partial charge in [-0.3, -0.25) is 4.79 Å². The molecule has 1 unspecified atom stereocenters. The summed E-state index contributed by atoms with van der Waals surface area (Å²) in [7, 11) is 0. The third kappa shape index (κ3) is 5.43. The molecule has 5 nitrogen and oxygen atoms in total. The van der Waals surface area contributed by atoms with Gasteiger partial charge in [0.1, 0.15) is 5.75 Å². The van der Waals surface area contributed by atoms with E-state index in [9.17, 15) is 9.59 Å². The number of halogens is 1. The molecule has 0 radical (unpaired) electrons. The summed E-state index contributed by atoms with van der Waals surface area (Å²) in [6.07, 6.45) is 3.43. The summed E-state index contributed by atoms with van der Waals surface area (Å²) in [5.74, 6) is -0.268. The van der Waals surface area contributed by atoms with Gasteiger partial charge in [-0.25, -0.2) is 4.79 Å². The summed E-state index contributed by atoms with van der Waals surface area (Å²) >= 11 is 5.86. The van der Waals surface area contributed by atoms with E-state index in [2.05, 4.69) is 5.32 Å². The lowest BCUT2D eigenvalue weighted by atomic mass is 10.2. The Morgan fingerprint density at radius 3 is 2.70 bits per heavy atom. The predicted octanol–water partition coefficient (Wildman–Crippen LogP) is 3.02. The first-order valence-corrected chi connectivity index (χ1v) is 8.22. The largest absolute Gasteiger partial charge is 0.482 e. The van der Waals surface area contributed by atoms with Crippen molar-refractivity contribution >= 4 is 23.5 Å². The van der Waals surface area contributed by atoms with Gasteiger partial charge < -0.3 is 14.8 Å². The van der Waals surface area contributed by atoms with Crippen LogP contribution in [0.4, 0.5) is 0 Å². The molecule has 23 heavy (non-hydrogen) atoms. The molecule has 1 aromatic carbocycles. The zero-order valence-electron chi connectivity index (χ0n) is 13.4. The average Bonchev–Trinajstić information content (AvgIpc) is 2.99. The van der Waals surface area contributed by atoms with E-state index in [1.165, 1.54) is 0 Å². The highest BCUT2D eigenvalue weighted by Crippen LogP contribution is 2.21. The van der Waals surface area contributed by atoms with E-state index in [0.29, 0.717) is 10.8 Å². The van der Waals surface area contributed by atoms with Gasteiger partial charge >= 0.3 is 5.97 Å². The molecular weight excluding hydrogens is 318 g/mol. The van der Waals surface area contributed by atoms with Crippen LogP contribution in [0.2, 0.25) is 5.02 Å². The molecule has 1 aliphatic rings. The second-order valence-corrected chi connectivity index (χ2v) is 6.26. The van der Waals surface area contributed by atoms with Crippen molar-refractivity contribution in [2.75, 3.05) is 6.61 Å². The maximum atomic E-state index is 12.0. The van der Waals surface area contributed by atoms with Crippen molar-refractivity contribution in [3.05, 3.63) is 28.8 Å². The highest BCUT2D eigenvalue weighted by Gasteiger charge is 2.23. The summed E-state index contributed by atoms with van der Waals surface area (Å²) in [5, 5.41) is 3.51. The van der Waals surface area contributed by atoms with E-state index in [0.717, 1.165) is 31.2 Å². The monoisotopic (exact) mass is 339 g/mol. The molecule has 1 amide bonds. The van der Waals surface area contributed by atoms with Crippen LogP contribution >= 0.6 is 11.6 Å². The van der Waals surface area contributed by atoms with Gasteiger partial charge in [0.2, 0.25) is 0 Å². The van der Waals surface area contributed by atoms with Crippen molar-refractivity contribution < 1.29 is 19.1 Å². The number of ether oxygens (including phenoxy) is 2. The van der Waals surface area contributed by atoms with Gasteiger partial charge in [-0.15, -0.1) is 0 Å². The van der Waals surface area contributed by atoms with Gasteiger partial charge in [0.15, 0.2) is 12.7 Å². The quantitative estimate of drug-likeness (QED) is 0.809. The lowest BCUT2D eigenvalue weighted by Gasteiger charge is -2.17. The van der Waals surface area contributed by atoms with Crippen LogP contribution in [0.3, 0.4) is 0 Å². The Labute approximate surface area is 141 Å². The molecule has 0 spiro atoms. The van der Waals surface area contributed by atoms with E-state index in [1.54, 1.807) is 25.1 Å². The molecule has 0 aliphatic heterocycles. The number of hydrogen-bond acceptors (Lipinski definition) is 4. The molecule has 126 valence electrons. The van der Waals surface area contributed by atoms with Gasteiger partial charge in [0.25, 0.3) is 5.91 Å². The SMILES string of the molecule is Cc1cc(Cl)ccc1OCC(=O)OC(C)C(=O)NC1CCCC1. The van der Waals surface area contributed by atoms with E-state index in [4.69, 9.17) is 21.1 Å². The van der Waals surface area contributed by atoms with Crippen LogP contribution in [0, 0.1) is 6.92 Å². The Kier molecular flexibility index (Phi) is 6.28. The number of esters is 1. The molecule has 1 fully saturated rings. The van der Waals surface area contributed by atoms with Gasteiger partial charge in [0.05, 0.1) is 0 Å². The molecule has 1 aliphatic carbocycles. The van der Waals surface area contributed by atoms with Crippen LogP contribution in [0.15, 0.2) is 18.2 Å². The standard InChI is InChI=1S/C17H22ClNO4/c1-11-9-13(18)7-8-15(11)22-10-16(20)23-12(2)17(21)19-14-5-3-4-6-14/h7-9,12,14H,3-6,10H2,1-2H3,(H,19,21). The molecular formula is C17H22ClNO4. The summed E-state index contributed by atoms with van der Waals surface area (Å²) in [6.45, 7) is 3.16. The zero-order chi connectivity index (χ0) is 16.8.